The van der Waals surface area contributed by atoms with Gasteiger partial charge in [0.2, 0.25) is 0 Å². The molecule has 3 aromatic carbocycles. The minimum atomic E-state index is -0.134. The lowest BCUT2D eigenvalue weighted by atomic mass is 9.70. The maximum atomic E-state index is 13.0. The molecule has 3 aromatic rings. The minimum absolute atomic E-state index is 0.0755. The molecule has 3 nitrogen and oxygen atoms in total. The fraction of sp³-hybridized carbons (Fsp3) is 0.240. The summed E-state index contributed by atoms with van der Waals surface area (Å²) in [6.45, 7) is 1.41. The zero-order valence-electron chi connectivity index (χ0n) is 16.7. The molecular weight excluding hydrogens is 415 g/mol. The van der Waals surface area contributed by atoms with Crippen LogP contribution in [-0.2, 0) is 11.8 Å². The van der Waals surface area contributed by atoms with E-state index in [9.17, 15) is 4.79 Å². The molecule has 1 N–H and O–H groups in total. The van der Waals surface area contributed by atoms with Gasteiger partial charge in [0, 0.05) is 34.2 Å². The third-order valence-corrected chi connectivity index (χ3v) is 6.31. The van der Waals surface area contributed by atoms with E-state index in [0.29, 0.717) is 11.6 Å². The van der Waals surface area contributed by atoms with Gasteiger partial charge in [-0.05, 0) is 66.8 Å². The molecule has 0 bridgehead atoms. The summed E-state index contributed by atoms with van der Waals surface area (Å²) in [7, 11) is 0. The molecule has 4 rings (SSSR count). The lowest BCUT2D eigenvalue weighted by Gasteiger charge is -2.43. The summed E-state index contributed by atoms with van der Waals surface area (Å²) >= 11 is 12.0. The topological polar surface area (TPSA) is 32.3 Å². The van der Waals surface area contributed by atoms with E-state index in [2.05, 4.69) is 41.7 Å². The first-order valence-electron chi connectivity index (χ1n) is 10.2. The van der Waals surface area contributed by atoms with Crippen molar-refractivity contribution in [3.05, 3.63) is 100 Å². The molecule has 0 saturated carbocycles. The number of hydrogen-bond donors (Lipinski definition) is 1. The van der Waals surface area contributed by atoms with Gasteiger partial charge in [-0.1, -0.05) is 65.7 Å². The molecule has 1 aliphatic rings. The van der Waals surface area contributed by atoms with Crippen molar-refractivity contribution in [3.63, 3.8) is 0 Å². The quantitative estimate of drug-likeness (QED) is 0.476. The van der Waals surface area contributed by atoms with E-state index in [-0.39, 0.29) is 11.4 Å². The summed E-state index contributed by atoms with van der Waals surface area (Å²) in [6.07, 6.45) is 2.85. The Kier molecular flexibility index (Phi) is 6.31. The normalized spacial score (nSPS) is 18.8. The molecule has 0 aliphatic carbocycles. The second-order valence-corrected chi connectivity index (χ2v) is 8.78. The van der Waals surface area contributed by atoms with Crippen molar-refractivity contribution in [2.75, 3.05) is 18.4 Å². The summed E-state index contributed by atoms with van der Waals surface area (Å²) in [5.74, 6) is 0. The van der Waals surface area contributed by atoms with Crippen LogP contribution in [0, 0.1) is 0 Å². The highest BCUT2D eigenvalue weighted by atomic mass is 35.5. The van der Waals surface area contributed by atoms with Gasteiger partial charge in [-0.25, -0.2) is 4.79 Å². The molecule has 1 atom stereocenters. The van der Waals surface area contributed by atoms with Crippen molar-refractivity contribution in [2.24, 2.45) is 0 Å². The second-order valence-electron chi connectivity index (χ2n) is 7.91. The number of piperidine rings is 1. The van der Waals surface area contributed by atoms with Crippen LogP contribution in [0.15, 0.2) is 78.9 Å². The Bertz CT molecular complexity index is 990. The Labute approximate surface area is 187 Å². The number of hydrogen-bond acceptors (Lipinski definition) is 1. The van der Waals surface area contributed by atoms with E-state index in [4.69, 9.17) is 23.2 Å². The first-order chi connectivity index (χ1) is 14.5. The van der Waals surface area contributed by atoms with Crippen molar-refractivity contribution in [1.82, 2.24) is 4.90 Å². The lowest BCUT2D eigenvalue weighted by Crippen LogP contribution is -2.50. The van der Waals surface area contributed by atoms with Gasteiger partial charge in [0.1, 0.15) is 0 Å². The summed E-state index contributed by atoms with van der Waals surface area (Å²) in [5, 5.41) is 4.40. The molecule has 1 aliphatic heterocycles. The molecule has 0 radical (unpaired) electrons. The Morgan fingerprint density at radius 3 is 2.20 bits per heavy atom. The van der Waals surface area contributed by atoms with Gasteiger partial charge in [-0.15, -0.1) is 0 Å². The van der Waals surface area contributed by atoms with E-state index < -0.39 is 0 Å². The molecular formula is C25H24Cl2N2O. The number of likely N-dealkylation sites (tertiary alicyclic amines) is 1. The summed E-state index contributed by atoms with van der Waals surface area (Å²) < 4.78 is 0. The Hall–Kier alpha value is -2.49. The molecule has 2 amide bonds. The Morgan fingerprint density at radius 2 is 1.53 bits per heavy atom. The Balaban J connectivity index is 1.58. The number of halogens is 2. The number of carbonyl (C=O) groups excluding carboxylic acids is 1. The smallest absolute Gasteiger partial charge is 0.321 e. The van der Waals surface area contributed by atoms with Crippen molar-refractivity contribution < 1.29 is 4.79 Å². The van der Waals surface area contributed by atoms with Gasteiger partial charge in [0.15, 0.2) is 0 Å². The van der Waals surface area contributed by atoms with Crippen LogP contribution in [0.25, 0.3) is 0 Å². The molecule has 1 fully saturated rings. The highest BCUT2D eigenvalue weighted by molar-refractivity contribution is 6.30. The third kappa shape index (κ3) is 4.80. The van der Waals surface area contributed by atoms with Crippen LogP contribution in [0.4, 0.5) is 10.5 Å². The van der Waals surface area contributed by atoms with Gasteiger partial charge in [0.05, 0.1) is 0 Å². The number of rotatable bonds is 4. The second kappa shape index (κ2) is 9.11. The monoisotopic (exact) mass is 438 g/mol. The lowest BCUT2D eigenvalue weighted by molar-refractivity contribution is 0.158. The van der Waals surface area contributed by atoms with Crippen LogP contribution in [0.5, 0.6) is 0 Å². The van der Waals surface area contributed by atoms with E-state index in [1.165, 1.54) is 11.1 Å². The Morgan fingerprint density at radius 1 is 0.900 bits per heavy atom. The number of urea groups is 1. The number of benzene rings is 3. The van der Waals surface area contributed by atoms with E-state index in [1.54, 1.807) is 12.1 Å². The number of amides is 2. The summed E-state index contributed by atoms with van der Waals surface area (Å²) in [6, 6.07) is 25.7. The fourth-order valence-electron chi connectivity index (χ4n) is 4.31. The van der Waals surface area contributed by atoms with Gasteiger partial charge < -0.3 is 10.2 Å². The average Bonchev–Trinajstić information content (AvgIpc) is 2.78. The standard InChI is InChI=1S/C25H24Cl2N2O/c26-21-9-7-19(8-10-21)17-25(20-5-2-1-3-6-20)15-4-16-29(18-25)24(30)28-23-13-11-22(27)12-14-23/h1-3,5-14H,4,15-18H2,(H,28,30). The van der Waals surface area contributed by atoms with E-state index in [0.717, 1.165) is 36.5 Å². The van der Waals surface area contributed by atoms with Crippen LogP contribution in [0.3, 0.4) is 0 Å². The van der Waals surface area contributed by atoms with Crippen LogP contribution in [-0.4, -0.2) is 24.0 Å². The van der Waals surface area contributed by atoms with Crippen LogP contribution >= 0.6 is 23.2 Å². The maximum absolute atomic E-state index is 13.0. The number of nitrogens with one attached hydrogen (secondary N) is 1. The number of anilines is 1. The van der Waals surface area contributed by atoms with Crippen LogP contribution in [0.1, 0.15) is 24.0 Å². The third-order valence-electron chi connectivity index (χ3n) is 5.80. The predicted molar refractivity (Wildman–Crippen MR) is 125 cm³/mol. The average molecular weight is 439 g/mol. The number of nitrogens with zero attached hydrogens (tertiary/aromatic N) is 1. The summed E-state index contributed by atoms with van der Waals surface area (Å²) in [4.78, 5) is 15.0. The van der Waals surface area contributed by atoms with Crippen molar-refractivity contribution >= 4 is 34.9 Å². The first-order valence-corrected chi connectivity index (χ1v) is 10.9. The largest absolute Gasteiger partial charge is 0.324 e. The molecule has 1 saturated heterocycles. The van der Waals surface area contributed by atoms with E-state index in [1.807, 2.05) is 35.2 Å². The van der Waals surface area contributed by atoms with Crippen LogP contribution in [0.2, 0.25) is 10.0 Å². The molecule has 5 heteroatoms. The molecule has 30 heavy (non-hydrogen) atoms. The predicted octanol–water partition coefficient (Wildman–Crippen LogP) is 6.80. The molecule has 0 spiro atoms. The van der Waals surface area contributed by atoms with Gasteiger partial charge in [-0.2, -0.15) is 0 Å². The maximum Gasteiger partial charge on any atom is 0.321 e. The SMILES string of the molecule is O=C(Nc1ccc(Cl)cc1)N1CCCC(Cc2ccc(Cl)cc2)(c2ccccc2)C1. The minimum Gasteiger partial charge on any atom is -0.324 e. The zero-order chi connectivity index (χ0) is 21.0. The van der Waals surface area contributed by atoms with Crippen molar-refractivity contribution in [1.29, 1.82) is 0 Å². The molecule has 154 valence electrons. The molecule has 1 unspecified atom stereocenters. The van der Waals surface area contributed by atoms with E-state index >= 15 is 0 Å². The highest BCUT2D eigenvalue weighted by Crippen LogP contribution is 2.38. The first kappa shape index (κ1) is 20.8. The molecule has 0 aromatic heterocycles. The van der Waals surface area contributed by atoms with Crippen molar-refractivity contribution in [2.45, 2.75) is 24.7 Å². The number of carbonyl (C=O) groups is 1. The highest BCUT2D eigenvalue weighted by Gasteiger charge is 2.38. The zero-order valence-corrected chi connectivity index (χ0v) is 18.2. The van der Waals surface area contributed by atoms with Gasteiger partial charge in [0.25, 0.3) is 0 Å². The molecule has 1 heterocycles. The summed E-state index contributed by atoms with van der Waals surface area (Å²) in [5.41, 5.74) is 3.11. The van der Waals surface area contributed by atoms with Crippen molar-refractivity contribution in [3.8, 4) is 0 Å². The van der Waals surface area contributed by atoms with Gasteiger partial charge >= 0.3 is 6.03 Å². The van der Waals surface area contributed by atoms with Crippen LogP contribution < -0.4 is 5.32 Å². The van der Waals surface area contributed by atoms with Gasteiger partial charge in [-0.3, -0.25) is 0 Å². The fourth-order valence-corrected chi connectivity index (χ4v) is 4.56.